The van der Waals surface area contributed by atoms with Gasteiger partial charge in [0, 0.05) is 12.1 Å². The Labute approximate surface area is 155 Å². The van der Waals surface area contributed by atoms with Crippen LogP contribution in [0.4, 0.5) is 0 Å². The van der Waals surface area contributed by atoms with Gasteiger partial charge in [0.2, 0.25) is 0 Å². The molecule has 0 aliphatic carbocycles. The number of hydrogen-bond acceptors (Lipinski definition) is 4. The van der Waals surface area contributed by atoms with E-state index >= 15 is 0 Å². The summed E-state index contributed by atoms with van der Waals surface area (Å²) in [5.74, 6) is 1.90. The molecule has 0 saturated carbocycles. The summed E-state index contributed by atoms with van der Waals surface area (Å²) in [6, 6.07) is 11.1. The molecule has 2 aromatic carbocycles. The Balaban J connectivity index is 2.07. The van der Waals surface area contributed by atoms with Gasteiger partial charge in [-0.05, 0) is 55.7 Å². The van der Waals surface area contributed by atoms with E-state index in [2.05, 4.69) is 5.32 Å². The van der Waals surface area contributed by atoms with Crippen LogP contribution >= 0.6 is 0 Å². The lowest BCUT2D eigenvalue weighted by Crippen LogP contribution is -2.22. The number of carbonyl (C=O) groups is 1. The average molecular weight is 357 g/mol. The van der Waals surface area contributed by atoms with Crippen molar-refractivity contribution in [2.75, 3.05) is 20.3 Å². The minimum absolute atomic E-state index is 0.160. The van der Waals surface area contributed by atoms with E-state index in [1.54, 1.807) is 25.3 Å². The Morgan fingerprint density at radius 3 is 2.50 bits per heavy atom. The van der Waals surface area contributed by atoms with Gasteiger partial charge in [-0.15, -0.1) is 0 Å². The largest absolute Gasteiger partial charge is 0.496 e. The van der Waals surface area contributed by atoms with Gasteiger partial charge in [0.1, 0.15) is 5.75 Å². The number of amides is 1. The summed E-state index contributed by atoms with van der Waals surface area (Å²) in [7, 11) is 1.64. The van der Waals surface area contributed by atoms with E-state index < -0.39 is 0 Å². The van der Waals surface area contributed by atoms with Gasteiger partial charge in [0.25, 0.3) is 5.91 Å². The Morgan fingerprint density at radius 1 is 1.00 bits per heavy atom. The molecular formula is C21H27NO4. The molecule has 5 heteroatoms. The SMILES string of the molecule is CCCOc1ccc(C(=O)NCc2ccc(C)c(OC)c2)cc1OCC. The summed E-state index contributed by atoms with van der Waals surface area (Å²) in [6.45, 7) is 7.48. The first kappa shape index (κ1) is 19.6. The first-order valence-corrected chi connectivity index (χ1v) is 8.90. The molecule has 0 aliphatic heterocycles. The molecule has 0 aliphatic rings. The van der Waals surface area contributed by atoms with Crippen molar-refractivity contribution in [3.05, 3.63) is 53.1 Å². The monoisotopic (exact) mass is 357 g/mol. The van der Waals surface area contributed by atoms with Crippen LogP contribution in [0.15, 0.2) is 36.4 Å². The number of rotatable bonds is 9. The molecule has 1 amide bonds. The number of hydrogen-bond donors (Lipinski definition) is 1. The van der Waals surface area contributed by atoms with Crippen molar-refractivity contribution in [3.63, 3.8) is 0 Å². The smallest absolute Gasteiger partial charge is 0.251 e. The van der Waals surface area contributed by atoms with Crippen LogP contribution < -0.4 is 19.5 Å². The van der Waals surface area contributed by atoms with Crippen LogP contribution in [0.2, 0.25) is 0 Å². The van der Waals surface area contributed by atoms with Crippen molar-refractivity contribution in [1.29, 1.82) is 0 Å². The number of benzene rings is 2. The first-order valence-electron chi connectivity index (χ1n) is 8.90. The summed E-state index contributed by atoms with van der Waals surface area (Å²) in [5.41, 5.74) is 2.58. The van der Waals surface area contributed by atoms with Crippen molar-refractivity contribution < 1.29 is 19.0 Å². The van der Waals surface area contributed by atoms with Crippen molar-refractivity contribution >= 4 is 5.91 Å². The van der Waals surface area contributed by atoms with Crippen LogP contribution in [0.5, 0.6) is 17.2 Å². The second kappa shape index (κ2) is 9.70. The van der Waals surface area contributed by atoms with Crippen LogP contribution in [0.3, 0.4) is 0 Å². The van der Waals surface area contributed by atoms with Crippen molar-refractivity contribution in [2.45, 2.75) is 33.7 Å². The zero-order valence-electron chi connectivity index (χ0n) is 15.9. The third-order valence-electron chi connectivity index (χ3n) is 3.89. The Morgan fingerprint density at radius 2 is 1.81 bits per heavy atom. The van der Waals surface area contributed by atoms with Gasteiger partial charge >= 0.3 is 0 Å². The maximum absolute atomic E-state index is 12.5. The van der Waals surface area contributed by atoms with Crippen LogP contribution in [0.25, 0.3) is 0 Å². The number of aryl methyl sites for hydroxylation is 1. The van der Waals surface area contributed by atoms with E-state index in [-0.39, 0.29) is 5.91 Å². The molecule has 26 heavy (non-hydrogen) atoms. The van der Waals surface area contributed by atoms with Gasteiger partial charge in [-0.2, -0.15) is 0 Å². The molecular weight excluding hydrogens is 330 g/mol. The Hall–Kier alpha value is -2.69. The van der Waals surface area contributed by atoms with Gasteiger partial charge in [0.05, 0.1) is 20.3 Å². The van der Waals surface area contributed by atoms with Crippen molar-refractivity contribution in [2.24, 2.45) is 0 Å². The molecule has 5 nitrogen and oxygen atoms in total. The Kier molecular flexibility index (Phi) is 7.33. The number of methoxy groups -OCH3 is 1. The van der Waals surface area contributed by atoms with Gasteiger partial charge in [0.15, 0.2) is 11.5 Å². The highest BCUT2D eigenvalue weighted by molar-refractivity contribution is 5.94. The topological polar surface area (TPSA) is 56.8 Å². The van der Waals surface area contributed by atoms with Crippen molar-refractivity contribution in [3.8, 4) is 17.2 Å². The molecule has 0 spiro atoms. The van der Waals surface area contributed by atoms with E-state index in [1.165, 1.54) is 0 Å². The molecule has 0 fully saturated rings. The molecule has 2 rings (SSSR count). The van der Waals surface area contributed by atoms with Gasteiger partial charge in [-0.3, -0.25) is 4.79 Å². The Bertz CT molecular complexity index is 743. The molecule has 0 unspecified atom stereocenters. The van der Waals surface area contributed by atoms with E-state index in [0.29, 0.717) is 36.8 Å². The van der Waals surface area contributed by atoms with Crippen molar-refractivity contribution in [1.82, 2.24) is 5.32 Å². The zero-order chi connectivity index (χ0) is 18.9. The molecule has 0 aromatic heterocycles. The van der Waals surface area contributed by atoms with Gasteiger partial charge in [-0.25, -0.2) is 0 Å². The fraction of sp³-hybridized carbons (Fsp3) is 0.381. The third kappa shape index (κ3) is 5.15. The molecule has 0 bridgehead atoms. The highest BCUT2D eigenvalue weighted by atomic mass is 16.5. The zero-order valence-corrected chi connectivity index (χ0v) is 15.9. The van der Waals surface area contributed by atoms with Crippen LogP contribution in [-0.4, -0.2) is 26.2 Å². The van der Waals surface area contributed by atoms with E-state index in [1.807, 2.05) is 39.0 Å². The second-order valence-corrected chi connectivity index (χ2v) is 5.93. The van der Waals surface area contributed by atoms with Crippen LogP contribution in [0.1, 0.15) is 41.8 Å². The number of carbonyl (C=O) groups excluding carboxylic acids is 1. The molecule has 0 heterocycles. The summed E-state index contributed by atoms with van der Waals surface area (Å²) in [4.78, 5) is 12.5. The highest BCUT2D eigenvalue weighted by Gasteiger charge is 2.12. The maximum Gasteiger partial charge on any atom is 0.251 e. The average Bonchev–Trinajstić information content (AvgIpc) is 2.66. The van der Waals surface area contributed by atoms with Gasteiger partial charge < -0.3 is 19.5 Å². The molecule has 0 radical (unpaired) electrons. The van der Waals surface area contributed by atoms with Gasteiger partial charge in [-0.1, -0.05) is 19.1 Å². The highest BCUT2D eigenvalue weighted by Crippen LogP contribution is 2.28. The minimum Gasteiger partial charge on any atom is -0.496 e. The molecule has 2 aromatic rings. The van der Waals surface area contributed by atoms with E-state index in [0.717, 1.165) is 23.3 Å². The van der Waals surface area contributed by atoms with E-state index in [9.17, 15) is 4.79 Å². The number of nitrogens with one attached hydrogen (secondary N) is 1. The van der Waals surface area contributed by atoms with Crippen LogP contribution in [-0.2, 0) is 6.54 Å². The van der Waals surface area contributed by atoms with Crippen LogP contribution in [0, 0.1) is 6.92 Å². The minimum atomic E-state index is -0.160. The fourth-order valence-corrected chi connectivity index (χ4v) is 2.51. The summed E-state index contributed by atoms with van der Waals surface area (Å²) in [5, 5.41) is 2.93. The lowest BCUT2D eigenvalue weighted by Gasteiger charge is -2.13. The fourth-order valence-electron chi connectivity index (χ4n) is 2.51. The lowest BCUT2D eigenvalue weighted by molar-refractivity contribution is 0.0950. The lowest BCUT2D eigenvalue weighted by atomic mass is 10.1. The molecule has 0 atom stereocenters. The van der Waals surface area contributed by atoms with E-state index in [4.69, 9.17) is 14.2 Å². The standard InChI is InChI=1S/C21H27NO4/c1-5-11-26-18-10-9-17(13-20(18)25-6-2)21(23)22-14-16-8-7-15(3)19(12-16)24-4/h7-10,12-13H,5-6,11,14H2,1-4H3,(H,22,23). The summed E-state index contributed by atoms with van der Waals surface area (Å²) in [6.07, 6.45) is 0.911. The maximum atomic E-state index is 12.5. The quantitative estimate of drug-likeness (QED) is 0.733. The third-order valence-corrected chi connectivity index (χ3v) is 3.89. The predicted octanol–water partition coefficient (Wildman–Crippen LogP) is 4.12. The molecule has 140 valence electrons. The predicted molar refractivity (Wildman–Crippen MR) is 102 cm³/mol. The second-order valence-electron chi connectivity index (χ2n) is 5.93. The summed E-state index contributed by atoms with van der Waals surface area (Å²) >= 11 is 0. The first-order chi connectivity index (χ1) is 12.6. The number of ether oxygens (including phenoxy) is 3. The normalized spacial score (nSPS) is 10.3. The molecule has 1 N–H and O–H groups in total. The molecule has 0 saturated heterocycles. The summed E-state index contributed by atoms with van der Waals surface area (Å²) < 4.78 is 16.6.